The van der Waals surface area contributed by atoms with Crippen LogP contribution in [0.5, 0.6) is 0 Å². The van der Waals surface area contributed by atoms with Crippen LogP contribution >= 0.6 is 15.9 Å². The molecule has 1 rings (SSSR count). The van der Waals surface area contributed by atoms with Crippen molar-refractivity contribution >= 4 is 33.6 Å². The number of carbonyl (C=O) groups excluding carboxylic acids is 1. The molecular weight excluding hydrogens is 336 g/mol. The summed E-state index contributed by atoms with van der Waals surface area (Å²) in [6, 6.07) is 5.13. The summed E-state index contributed by atoms with van der Waals surface area (Å²) in [4.78, 5) is 23.0. The number of carboxylic acid groups (broad SMARTS) is 1. The van der Waals surface area contributed by atoms with Gasteiger partial charge in [-0.15, -0.1) is 0 Å². The van der Waals surface area contributed by atoms with Crippen LogP contribution in [0.1, 0.15) is 25.8 Å². The minimum Gasteiger partial charge on any atom is -0.481 e. The highest BCUT2D eigenvalue weighted by Gasteiger charge is 2.19. The number of hydrogen-bond donors (Lipinski definition) is 3. The maximum Gasteiger partial charge on any atom is 0.319 e. The summed E-state index contributed by atoms with van der Waals surface area (Å²) in [5, 5.41) is 14.5. The van der Waals surface area contributed by atoms with Crippen LogP contribution in [-0.2, 0) is 4.79 Å². The molecule has 0 radical (unpaired) electrons. The molecule has 0 spiro atoms. The zero-order valence-electron chi connectivity index (χ0n) is 12.4. The van der Waals surface area contributed by atoms with Gasteiger partial charge in [-0.3, -0.25) is 4.79 Å². The van der Waals surface area contributed by atoms with Gasteiger partial charge in [-0.25, -0.2) is 4.79 Å². The molecule has 116 valence electrons. The normalized spacial score (nSPS) is 12.0. The van der Waals surface area contributed by atoms with E-state index in [-0.39, 0.29) is 12.5 Å². The molecule has 0 saturated carbocycles. The van der Waals surface area contributed by atoms with Crippen molar-refractivity contribution in [1.82, 2.24) is 5.32 Å². The molecule has 0 heterocycles. The van der Waals surface area contributed by atoms with Gasteiger partial charge in [-0.2, -0.15) is 0 Å². The van der Waals surface area contributed by atoms with Gasteiger partial charge >= 0.3 is 12.0 Å². The van der Waals surface area contributed by atoms with Crippen molar-refractivity contribution in [3.05, 3.63) is 28.2 Å². The second-order valence-electron chi connectivity index (χ2n) is 5.46. The predicted molar refractivity (Wildman–Crippen MR) is 86.5 cm³/mol. The van der Waals surface area contributed by atoms with Gasteiger partial charge in [-0.1, -0.05) is 29.8 Å². The third-order valence-corrected chi connectivity index (χ3v) is 3.54. The first-order valence-corrected chi connectivity index (χ1v) is 7.62. The number of carbonyl (C=O) groups is 2. The van der Waals surface area contributed by atoms with Crippen LogP contribution in [0.25, 0.3) is 0 Å². The average Bonchev–Trinajstić information content (AvgIpc) is 2.37. The molecule has 0 aliphatic heterocycles. The Balaban J connectivity index is 2.54. The molecule has 0 bridgehead atoms. The molecule has 1 aromatic carbocycles. The number of rotatable bonds is 6. The number of nitrogens with one attached hydrogen (secondary N) is 2. The summed E-state index contributed by atoms with van der Waals surface area (Å²) in [7, 11) is 0. The lowest BCUT2D eigenvalue weighted by Crippen LogP contribution is -2.36. The Morgan fingerprint density at radius 3 is 2.52 bits per heavy atom. The lowest BCUT2D eigenvalue weighted by Gasteiger charge is -2.16. The van der Waals surface area contributed by atoms with E-state index in [1.807, 2.05) is 32.9 Å². The van der Waals surface area contributed by atoms with Gasteiger partial charge < -0.3 is 15.7 Å². The largest absolute Gasteiger partial charge is 0.481 e. The summed E-state index contributed by atoms with van der Waals surface area (Å²) in [6.45, 7) is 5.93. The monoisotopic (exact) mass is 356 g/mol. The van der Waals surface area contributed by atoms with E-state index in [4.69, 9.17) is 5.11 Å². The summed E-state index contributed by atoms with van der Waals surface area (Å²) >= 11 is 3.36. The van der Waals surface area contributed by atoms with E-state index in [2.05, 4.69) is 26.6 Å². The number of carboxylic acids is 1. The van der Waals surface area contributed by atoms with Crippen molar-refractivity contribution in [2.24, 2.45) is 11.8 Å². The number of benzene rings is 1. The van der Waals surface area contributed by atoms with Gasteiger partial charge in [0.25, 0.3) is 0 Å². The maximum absolute atomic E-state index is 11.8. The molecule has 1 aromatic rings. The van der Waals surface area contributed by atoms with E-state index < -0.39 is 17.9 Å². The van der Waals surface area contributed by atoms with Crippen molar-refractivity contribution in [2.45, 2.75) is 27.2 Å². The Labute approximate surface area is 133 Å². The first-order chi connectivity index (χ1) is 9.79. The molecule has 0 aromatic heterocycles. The number of hydrogen-bond acceptors (Lipinski definition) is 2. The van der Waals surface area contributed by atoms with Crippen molar-refractivity contribution < 1.29 is 14.7 Å². The molecule has 0 fully saturated rings. The first kappa shape index (κ1) is 17.5. The maximum atomic E-state index is 11.8. The molecule has 1 atom stereocenters. The van der Waals surface area contributed by atoms with E-state index in [9.17, 15) is 9.59 Å². The van der Waals surface area contributed by atoms with Gasteiger partial charge in [0.2, 0.25) is 0 Å². The van der Waals surface area contributed by atoms with E-state index in [1.54, 1.807) is 6.07 Å². The SMILES string of the molecule is Cc1cc(Br)ccc1NC(=O)NCC(CC(C)C)C(=O)O. The van der Waals surface area contributed by atoms with Crippen LogP contribution in [0.15, 0.2) is 22.7 Å². The Morgan fingerprint density at radius 2 is 2.00 bits per heavy atom. The zero-order valence-corrected chi connectivity index (χ0v) is 14.0. The van der Waals surface area contributed by atoms with Crippen LogP contribution in [0.2, 0.25) is 0 Å². The smallest absolute Gasteiger partial charge is 0.319 e. The average molecular weight is 357 g/mol. The first-order valence-electron chi connectivity index (χ1n) is 6.83. The molecule has 0 aliphatic carbocycles. The van der Waals surface area contributed by atoms with Crippen molar-refractivity contribution in [3.8, 4) is 0 Å². The molecule has 6 heteroatoms. The number of anilines is 1. The highest BCUT2D eigenvalue weighted by atomic mass is 79.9. The van der Waals surface area contributed by atoms with Crippen molar-refractivity contribution in [1.29, 1.82) is 0 Å². The topological polar surface area (TPSA) is 78.4 Å². The molecule has 21 heavy (non-hydrogen) atoms. The van der Waals surface area contributed by atoms with Gasteiger partial charge in [0, 0.05) is 16.7 Å². The number of amides is 2. The second kappa shape index (κ2) is 8.02. The van der Waals surface area contributed by atoms with E-state index >= 15 is 0 Å². The Kier molecular flexibility index (Phi) is 6.68. The standard InChI is InChI=1S/C15H21BrN2O3/c1-9(2)6-11(14(19)20)8-17-15(21)18-13-5-4-12(16)7-10(13)3/h4-5,7,9,11H,6,8H2,1-3H3,(H,19,20)(H2,17,18,21). The highest BCUT2D eigenvalue weighted by molar-refractivity contribution is 9.10. The van der Waals surface area contributed by atoms with Gasteiger partial charge in [0.1, 0.15) is 0 Å². The fraction of sp³-hybridized carbons (Fsp3) is 0.467. The minimum absolute atomic E-state index is 0.120. The fourth-order valence-corrected chi connectivity index (χ4v) is 2.47. The molecule has 3 N–H and O–H groups in total. The van der Waals surface area contributed by atoms with Crippen LogP contribution < -0.4 is 10.6 Å². The fourth-order valence-electron chi connectivity index (χ4n) is 1.99. The summed E-state index contributed by atoms with van der Waals surface area (Å²) in [5.41, 5.74) is 1.63. The van der Waals surface area contributed by atoms with E-state index in [0.717, 1.165) is 10.0 Å². The Hall–Kier alpha value is -1.56. The van der Waals surface area contributed by atoms with Crippen LogP contribution in [0.3, 0.4) is 0 Å². The number of aliphatic carboxylic acids is 1. The quantitative estimate of drug-likeness (QED) is 0.728. The van der Waals surface area contributed by atoms with Crippen LogP contribution in [0, 0.1) is 18.8 Å². The van der Waals surface area contributed by atoms with E-state index in [0.29, 0.717) is 12.1 Å². The lowest BCUT2D eigenvalue weighted by molar-refractivity contribution is -0.142. The van der Waals surface area contributed by atoms with Crippen molar-refractivity contribution in [2.75, 3.05) is 11.9 Å². The summed E-state index contributed by atoms with van der Waals surface area (Å²) < 4.78 is 0.939. The molecular formula is C15H21BrN2O3. The van der Waals surface area contributed by atoms with Gasteiger partial charge in [0.15, 0.2) is 0 Å². The van der Waals surface area contributed by atoms with E-state index in [1.165, 1.54) is 0 Å². The lowest BCUT2D eigenvalue weighted by atomic mass is 9.97. The van der Waals surface area contributed by atoms with Gasteiger partial charge in [-0.05, 0) is 43.0 Å². The molecule has 5 nitrogen and oxygen atoms in total. The molecule has 0 saturated heterocycles. The molecule has 1 unspecified atom stereocenters. The highest BCUT2D eigenvalue weighted by Crippen LogP contribution is 2.19. The van der Waals surface area contributed by atoms with Crippen LogP contribution in [0.4, 0.5) is 10.5 Å². The van der Waals surface area contributed by atoms with Gasteiger partial charge in [0.05, 0.1) is 5.92 Å². The predicted octanol–water partition coefficient (Wildman–Crippen LogP) is 3.63. The number of urea groups is 1. The number of aryl methyl sites for hydroxylation is 1. The Bertz CT molecular complexity index is 518. The summed E-state index contributed by atoms with van der Waals surface area (Å²) in [6.07, 6.45) is 0.535. The third-order valence-electron chi connectivity index (χ3n) is 3.05. The van der Waals surface area contributed by atoms with Crippen molar-refractivity contribution in [3.63, 3.8) is 0 Å². The van der Waals surface area contributed by atoms with Crippen LogP contribution in [-0.4, -0.2) is 23.7 Å². The molecule has 2 amide bonds. The second-order valence-corrected chi connectivity index (χ2v) is 6.37. The molecule has 0 aliphatic rings. The Morgan fingerprint density at radius 1 is 1.33 bits per heavy atom. The summed E-state index contributed by atoms with van der Waals surface area (Å²) in [5.74, 6) is -1.18. The third kappa shape index (κ3) is 6.16. The minimum atomic E-state index is -0.885. The zero-order chi connectivity index (χ0) is 16.0. The number of halogens is 1.